The van der Waals surface area contributed by atoms with Crippen LogP contribution in [0.2, 0.25) is 0 Å². The van der Waals surface area contributed by atoms with Gasteiger partial charge in [0.25, 0.3) is 0 Å². The third-order valence-corrected chi connectivity index (χ3v) is 20.9. The predicted octanol–water partition coefficient (Wildman–Crippen LogP) is 1.42. The summed E-state index contributed by atoms with van der Waals surface area (Å²) in [5.74, 6) is -12.0. The summed E-state index contributed by atoms with van der Waals surface area (Å²) in [5.41, 5.74) is 33.7. The van der Waals surface area contributed by atoms with Gasteiger partial charge in [0.05, 0.1) is 6.04 Å². The highest BCUT2D eigenvalue weighted by molar-refractivity contribution is 6.01. The second kappa shape index (κ2) is 45.8. The van der Waals surface area contributed by atoms with Gasteiger partial charge in [-0.15, -0.1) is 0 Å². The van der Waals surface area contributed by atoms with Gasteiger partial charge < -0.3 is 123 Å². The van der Waals surface area contributed by atoms with E-state index >= 15 is 28.8 Å². The molecule has 4 aromatic carbocycles. The van der Waals surface area contributed by atoms with E-state index in [1.807, 2.05) is 80.6 Å². The Hall–Kier alpha value is -13.1. The minimum absolute atomic E-state index is 0.0258. The van der Waals surface area contributed by atoms with Crippen LogP contribution in [0.4, 0.5) is 0 Å². The molecule has 31 N–H and O–H groups in total. The summed E-state index contributed by atoms with van der Waals surface area (Å²) in [5, 5.41) is 72.0. The molecule has 0 aliphatic heterocycles. The molecule has 0 saturated carbocycles. The zero-order valence-corrected chi connectivity index (χ0v) is 69.2. The van der Waals surface area contributed by atoms with Crippen LogP contribution >= 0.6 is 0 Å². The molecule has 0 unspecified atom stereocenters. The van der Waals surface area contributed by atoms with Crippen LogP contribution in [0.25, 0.3) is 43.6 Å². The summed E-state index contributed by atoms with van der Waals surface area (Å²) in [7, 11) is 0. The number of hydrogen-bond acceptors (Lipinski definition) is 16. The Kier molecular flexibility index (Phi) is 35.3. The third kappa shape index (κ3) is 28.0. The molecule has 8 aromatic rings. The smallest absolute Gasteiger partial charge is 0.326 e. The van der Waals surface area contributed by atoms with Crippen molar-refractivity contribution in [2.24, 2.45) is 46.4 Å². The lowest BCUT2D eigenvalue weighted by Crippen LogP contribution is -2.62. The summed E-state index contributed by atoms with van der Waals surface area (Å²) in [6, 6.07) is 13.9. The van der Waals surface area contributed by atoms with Gasteiger partial charge in [0.2, 0.25) is 59.1 Å². The monoisotopic (exact) mass is 1670 g/mol. The van der Waals surface area contributed by atoms with Crippen LogP contribution in [0.1, 0.15) is 128 Å². The number of carboxylic acids is 1. The van der Waals surface area contributed by atoms with E-state index in [0.29, 0.717) is 74.2 Å². The molecule has 0 aliphatic carbocycles. The normalized spacial score (nSPS) is 14.2. The SMILES string of the molecule is CC(C)C[C@H](NC(=O)[C@@H](N)CCCNC(=N)N)C(=O)N[C@@H](Cc1c[nH]c2ccccc12)C(=O)N[C@H](C(=O)N[C@@H](Cc1c[nH]c2ccccc12)C(=O)N[C@@H](Cc1c[nH]c2ccccc12)C(=O)N[C@H](C(=O)N[C@@H](Cc1c[nH]c2ccccc12)C(=O)N[C@@H](CCCNC(=N)N)C(=O)N[C@@H](CCCNC(=N)N)C(=O)N[C@@H](CCCCN)C(=O)O)C(C)C)C(C)C. The molecule has 11 atom stereocenters. The summed E-state index contributed by atoms with van der Waals surface area (Å²) >= 11 is 0. The molecule has 4 heterocycles. The molecule has 0 radical (unpaired) electrons. The number of benzene rings is 4. The topological polar surface area (TPSA) is 629 Å². The second-order valence-corrected chi connectivity index (χ2v) is 31.5. The lowest BCUT2D eigenvalue weighted by atomic mass is 9.97. The molecule has 8 rings (SSSR count). The van der Waals surface area contributed by atoms with Crippen molar-refractivity contribution < 1.29 is 57.8 Å². The zero-order chi connectivity index (χ0) is 88.0. The second-order valence-electron chi connectivity index (χ2n) is 31.5. The fraction of sp³-hybridized carbons (Fsp3) is 0.452. The van der Waals surface area contributed by atoms with Crippen molar-refractivity contribution >= 4 is 127 Å². The van der Waals surface area contributed by atoms with Gasteiger partial charge in [-0.3, -0.25) is 64.2 Å². The number of nitrogens with one attached hydrogen (secondary N) is 20. The van der Waals surface area contributed by atoms with E-state index in [-0.39, 0.29) is 121 Å². The number of hydrogen-bond donors (Lipinski definition) is 26. The van der Waals surface area contributed by atoms with Crippen molar-refractivity contribution in [3.8, 4) is 0 Å². The summed E-state index contributed by atoms with van der Waals surface area (Å²) < 4.78 is 0. The number of amides is 10. The summed E-state index contributed by atoms with van der Waals surface area (Å²) in [6.07, 6.45) is 7.66. The average Bonchev–Trinajstić information content (AvgIpc) is 1.72. The van der Waals surface area contributed by atoms with Crippen LogP contribution in [0.15, 0.2) is 122 Å². The quantitative estimate of drug-likeness (QED) is 0.0146. The first-order valence-electron chi connectivity index (χ1n) is 40.9. The van der Waals surface area contributed by atoms with Crippen LogP contribution in [0.5, 0.6) is 0 Å². The summed E-state index contributed by atoms with van der Waals surface area (Å²) in [4.78, 5) is 175. The maximum atomic E-state index is 15.7. The van der Waals surface area contributed by atoms with Crippen molar-refractivity contribution in [2.45, 2.75) is 198 Å². The number of rotatable bonds is 49. The fourth-order valence-electron chi connectivity index (χ4n) is 14.4. The van der Waals surface area contributed by atoms with E-state index in [1.54, 1.807) is 82.8 Å². The Morgan fingerprint density at radius 1 is 0.347 bits per heavy atom. The van der Waals surface area contributed by atoms with E-state index in [9.17, 15) is 29.1 Å². The van der Waals surface area contributed by atoms with Gasteiger partial charge in [-0.1, -0.05) is 114 Å². The van der Waals surface area contributed by atoms with Crippen LogP contribution in [0.3, 0.4) is 0 Å². The number of para-hydroxylation sites is 4. The van der Waals surface area contributed by atoms with Crippen LogP contribution in [-0.2, 0) is 78.4 Å². The minimum Gasteiger partial charge on any atom is -0.480 e. The Labute approximate surface area is 701 Å². The number of carbonyl (C=O) groups excluding carboxylic acids is 10. The molecule has 0 bridgehead atoms. The highest BCUT2D eigenvalue weighted by atomic mass is 16.4. The Bertz CT molecular complexity index is 4910. The Morgan fingerprint density at radius 3 is 0.934 bits per heavy atom. The highest BCUT2D eigenvalue weighted by Gasteiger charge is 2.39. The molecule has 37 nitrogen and oxygen atoms in total. The number of nitrogens with two attached hydrogens (primary N) is 5. The zero-order valence-electron chi connectivity index (χ0n) is 69.2. The number of carboxylic acid groups (broad SMARTS) is 1. The van der Waals surface area contributed by atoms with Gasteiger partial charge in [0, 0.05) is 114 Å². The largest absolute Gasteiger partial charge is 0.480 e. The molecular weight excluding hydrogens is 1550 g/mol. The Balaban J connectivity index is 1.10. The molecular formula is C84H119N25O12. The molecule has 0 aliphatic rings. The first-order chi connectivity index (χ1) is 57.8. The molecule has 121 heavy (non-hydrogen) atoms. The summed E-state index contributed by atoms with van der Waals surface area (Å²) in [6.45, 7) is 11.1. The number of aromatic amines is 4. The number of unbranched alkanes of at least 4 members (excludes halogenated alkanes) is 1. The molecule has 0 saturated heterocycles. The lowest BCUT2D eigenvalue weighted by Gasteiger charge is -2.30. The first kappa shape index (κ1) is 93.4. The van der Waals surface area contributed by atoms with E-state index < -0.39 is 143 Å². The van der Waals surface area contributed by atoms with Crippen molar-refractivity contribution in [2.75, 3.05) is 26.2 Å². The number of fused-ring (bicyclic) bond motifs is 4. The van der Waals surface area contributed by atoms with Gasteiger partial charge in [-0.2, -0.15) is 0 Å². The van der Waals surface area contributed by atoms with E-state index in [4.69, 9.17) is 44.9 Å². The minimum atomic E-state index is -1.53. The van der Waals surface area contributed by atoms with Gasteiger partial charge in [-0.05, 0) is 135 Å². The third-order valence-electron chi connectivity index (χ3n) is 20.9. The predicted molar refractivity (Wildman–Crippen MR) is 462 cm³/mol. The number of aromatic nitrogens is 4. The number of carbonyl (C=O) groups is 11. The lowest BCUT2D eigenvalue weighted by molar-refractivity contribution is -0.142. The number of guanidine groups is 3. The number of aliphatic carboxylic acids is 1. The van der Waals surface area contributed by atoms with E-state index in [2.05, 4.69) is 89.1 Å². The van der Waals surface area contributed by atoms with Crippen molar-refractivity contribution in [3.05, 3.63) is 144 Å². The molecule has 37 heteroatoms. The molecule has 10 amide bonds. The highest BCUT2D eigenvalue weighted by Crippen LogP contribution is 2.25. The standard InChI is InChI=1S/C84H119N25O12/c1-45(2)36-64(103-71(110)56(86)24-17-33-93-82(87)88)74(113)104-67(39-50-43-98-59-27-13-9-22-54(50)59)77(116)108-70(47(5)6)80(119)107-66(38-49-42-97-58-26-12-8-21-53(49)58)76(115)105-68(40-51-44-99-60-28-14-10-23-55(51)60)78(117)109-69(46(3)4)79(118)106-65(37-48-41-96-57-25-11-7-20-52(48)57)75(114)101-61(30-18-34-94-83(89)90)72(111)100-62(31-19-35-95-84(91)92)73(112)102-63(81(120)121)29-15-16-32-85/h7-14,20-23,25-28,41-47,56,61-70,96-99H,15-19,24,29-40,85-86H2,1-6H3,(H,100,111)(H,101,114)(H,102,112)(H,103,110)(H,104,113)(H,105,115)(H,106,118)(H,107,119)(H,108,116)(H,109,117)(H,120,121)(H4,87,88,93)(H4,89,90,94)(H4,91,92,95)/t56-,61-,62-,63-,64-,65-,66-,67-,68-,69-,70-/m0/s1. The number of H-pyrrole nitrogens is 4. The molecule has 0 fully saturated rings. The Morgan fingerprint density at radius 2 is 0.620 bits per heavy atom. The average molecular weight is 1670 g/mol. The molecule has 4 aromatic heterocycles. The van der Waals surface area contributed by atoms with Gasteiger partial charge in [-0.25, -0.2) is 4.79 Å². The van der Waals surface area contributed by atoms with Crippen molar-refractivity contribution in [1.82, 2.24) is 89.1 Å². The van der Waals surface area contributed by atoms with Gasteiger partial charge >= 0.3 is 5.97 Å². The first-order valence-corrected chi connectivity index (χ1v) is 40.9. The van der Waals surface area contributed by atoms with Crippen LogP contribution in [0, 0.1) is 34.0 Å². The van der Waals surface area contributed by atoms with Gasteiger partial charge in [0.1, 0.15) is 60.4 Å². The van der Waals surface area contributed by atoms with E-state index in [0.717, 1.165) is 10.9 Å². The van der Waals surface area contributed by atoms with Crippen LogP contribution < -0.4 is 97.8 Å². The van der Waals surface area contributed by atoms with E-state index in [1.165, 1.54) is 0 Å². The van der Waals surface area contributed by atoms with Crippen LogP contribution in [-0.4, -0.2) is 201 Å². The van der Waals surface area contributed by atoms with Crippen molar-refractivity contribution in [1.29, 1.82) is 16.2 Å². The maximum absolute atomic E-state index is 15.7. The fourth-order valence-corrected chi connectivity index (χ4v) is 14.4. The van der Waals surface area contributed by atoms with Crippen molar-refractivity contribution in [3.63, 3.8) is 0 Å². The molecule has 652 valence electrons. The van der Waals surface area contributed by atoms with Gasteiger partial charge in [0.15, 0.2) is 17.9 Å². The molecule has 0 spiro atoms. The maximum Gasteiger partial charge on any atom is 0.326 e.